The number of rotatable bonds is 54. The van der Waals surface area contributed by atoms with Crippen LogP contribution in [0.4, 0.5) is 0 Å². The molecule has 0 spiro atoms. The Kier molecular flexibility index (Phi) is 44.4. The Morgan fingerprint density at radius 3 is 0.838 bits per heavy atom. The number of likely N-dealkylation sites (N-methyl/N-ethyl adjacent to an activating group) is 3. The zero-order valence-electron chi connectivity index (χ0n) is 49.4. The third kappa shape index (κ3) is 46.5. The van der Waals surface area contributed by atoms with Crippen LogP contribution in [0.15, 0.2) is 0 Å². The predicted octanol–water partition coefficient (Wildman–Crippen LogP) is 8.50. The number of nitrogens with one attached hydrogen (secondary N) is 3. The summed E-state index contributed by atoms with van der Waals surface area (Å²) in [4.78, 5) is 51.5. The Balaban J connectivity index is 5.18. The normalized spacial score (nSPS) is 14.4. The first-order valence-electron chi connectivity index (χ1n) is 30.0. The molecule has 0 heterocycles. The molecule has 3 unspecified atom stereocenters. The van der Waals surface area contributed by atoms with E-state index in [1.54, 1.807) is 0 Å². The highest BCUT2D eigenvalue weighted by Gasteiger charge is 2.38. The van der Waals surface area contributed by atoms with Gasteiger partial charge in [-0.3, -0.25) is 14.4 Å². The van der Waals surface area contributed by atoms with Crippen LogP contribution in [0.25, 0.3) is 0 Å². The van der Waals surface area contributed by atoms with Gasteiger partial charge in [-0.1, -0.05) is 156 Å². The minimum absolute atomic E-state index is 0.0698. The molecule has 0 radical (unpaired) electrons. The maximum Gasteiger partial charge on any atom is 0.379 e. The van der Waals surface area contributed by atoms with Crippen LogP contribution < -0.4 is 20.8 Å². The molecule has 0 aliphatic rings. The first-order chi connectivity index (χ1) is 35.2. The van der Waals surface area contributed by atoms with Crippen molar-refractivity contribution in [3.05, 3.63) is 0 Å². The van der Waals surface area contributed by atoms with E-state index < -0.39 is 26.5 Å². The van der Waals surface area contributed by atoms with Gasteiger partial charge in [0.25, 0.3) is 0 Å². The maximum atomic E-state index is 14.2. The first kappa shape index (κ1) is 72.4. The highest BCUT2D eigenvalue weighted by Crippen LogP contribution is 2.54. The number of carbonyl (C=O) groups is 3. The van der Waals surface area contributed by atoms with E-state index in [0.717, 1.165) is 57.8 Å². The molecule has 0 aliphatic heterocycles. The van der Waals surface area contributed by atoms with Gasteiger partial charge in [0.1, 0.15) is 57.8 Å². The number of phosphoric ester groups is 1. The van der Waals surface area contributed by atoms with Gasteiger partial charge >= 0.3 is 8.17 Å². The van der Waals surface area contributed by atoms with Crippen LogP contribution in [0.2, 0.25) is 0 Å². The maximum absolute atomic E-state index is 14.2. The van der Waals surface area contributed by atoms with Crippen molar-refractivity contribution in [1.82, 2.24) is 16.0 Å². The summed E-state index contributed by atoms with van der Waals surface area (Å²) in [7, 11) is 7.46. The van der Waals surface area contributed by atoms with E-state index >= 15 is 0 Å². The topological polar surface area (TPSA) is 199 Å². The van der Waals surface area contributed by atoms with Gasteiger partial charge in [-0.2, -0.15) is 13.6 Å². The molecular formula is C57H120N6O10P+3. The molecule has 17 heteroatoms. The highest BCUT2D eigenvalue weighted by molar-refractivity contribution is 7.53. The lowest BCUT2D eigenvalue weighted by atomic mass is 10.1. The number of quaternary nitrogens is 3. The molecule has 0 aromatic rings. The molecule has 74 heavy (non-hydrogen) atoms. The molecule has 0 saturated heterocycles. The molecule has 0 aromatic carbocycles. The van der Waals surface area contributed by atoms with Crippen LogP contribution in [0, 0.1) is 0 Å². The zero-order valence-corrected chi connectivity index (χ0v) is 50.3. The van der Waals surface area contributed by atoms with E-state index in [9.17, 15) is 34.6 Å². The largest absolute Gasteiger partial charge is 0.606 e. The summed E-state index contributed by atoms with van der Waals surface area (Å²) in [6, 6.07) is 0. The second-order valence-electron chi connectivity index (χ2n) is 23.6. The van der Waals surface area contributed by atoms with Crippen molar-refractivity contribution >= 4 is 25.9 Å². The lowest BCUT2D eigenvalue weighted by molar-refractivity contribution is -0.893. The summed E-state index contributed by atoms with van der Waals surface area (Å²) in [5.41, 5.74) is 0. The fourth-order valence-corrected chi connectivity index (χ4v) is 10.8. The minimum Gasteiger partial charge on any atom is -0.606 e. The second-order valence-corrected chi connectivity index (χ2v) is 25.3. The molecule has 0 fully saturated rings. The lowest BCUT2D eigenvalue weighted by Crippen LogP contribution is -2.49. The van der Waals surface area contributed by atoms with Gasteiger partial charge in [0.05, 0.1) is 61.9 Å². The quantitative estimate of drug-likeness (QED) is 0.0195. The fourth-order valence-electron chi connectivity index (χ4n) is 9.52. The summed E-state index contributed by atoms with van der Waals surface area (Å²) in [6.45, 7) is 10.1. The predicted molar refractivity (Wildman–Crippen MR) is 303 cm³/mol. The monoisotopic (exact) mass is 1080 g/mol. The van der Waals surface area contributed by atoms with E-state index in [2.05, 4.69) is 36.7 Å². The number of hydrogen-bond acceptors (Lipinski definition) is 10. The molecule has 16 nitrogen and oxygen atoms in total. The van der Waals surface area contributed by atoms with Gasteiger partial charge in [-0.25, -0.2) is 0 Å². The first-order valence-corrected chi connectivity index (χ1v) is 31.5. The Morgan fingerprint density at radius 1 is 0.392 bits per heavy atom. The molecule has 440 valence electrons. The second kappa shape index (κ2) is 45.3. The van der Waals surface area contributed by atoms with Gasteiger partial charge in [0.15, 0.2) is 0 Å². The number of aliphatic hydroxyl groups is 3. The molecule has 0 bridgehead atoms. The van der Waals surface area contributed by atoms with E-state index in [0.29, 0.717) is 72.0 Å². The summed E-state index contributed by atoms with van der Waals surface area (Å²) < 4.78 is 18.5. The van der Waals surface area contributed by atoms with Gasteiger partial charge in [0, 0.05) is 58.2 Å². The molecule has 6 N–H and O–H groups in total. The Labute approximate surface area is 454 Å². The molecule has 3 atom stereocenters. The van der Waals surface area contributed by atoms with Gasteiger partial charge in [-0.05, 0) is 19.3 Å². The minimum atomic E-state index is -4.39. The number of aliphatic hydroxyl groups excluding tert-OH is 3. The smallest absolute Gasteiger partial charge is 0.379 e. The number of hydrogen-bond donors (Lipinski definition) is 6. The van der Waals surface area contributed by atoms with Crippen LogP contribution in [0.1, 0.15) is 213 Å². The van der Waals surface area contributed by atoms with Crippen LogP contribution in [-0.4, -0.2) is 186 Å². The summed E-state index contributed by atoms with van der Waals surface area (Å²) in [6.07, 6.45) is 29.1. The fraction of sp³-hybridized carbons (Fsp3) is 0.947. The van der Waals surface area contributed by atoms with E-state index in [4.69, 9.17) is 13.6 Å². The number of nitrogens with zero attached hydrogens (tertiary/aromatic N) is 3. The third-order valence-corrected chi connectivity index (χ3v) is 15.3. The molecular weight excluding hydrogens is 960 g/mol. The van der Waals surface area contributed by atoms with Crippen molar-refractivity contribution in [2.75, 3.05) is 121 Å². The van der Waals surface area contributed by atoms with Crippen LogP contribution in [-0.2, 0) is 28.0 Å². The van der Waals surface area contributed by atoms with Crippen molar-refractivity contribution in [3.63, 3.8) is 0 Å². The molecule has 0 aromatic heterocycles. The van der Waals surface area contributed by atoms with Gasteiger partial charge in [-0.15, -0.1) is 0 Å². The molecule has 3 amide bonds. The SMILES string of the molecule is CCCCCCCCCCC(=O)NCCC[N+](C)(C)CC(O)CO[P+]([O-])(OCC(O)C[N+](C)(C)CCCNC(=O)CCCCCCCCCC)OCC(O)C[N+](C)(C)CCCNC(=O)CCCCCCCCCC. The summed E-state index contributed by atoms with van der Waals surface area (Å²) >= 11 is 0. The summed E-state index contributed by atoms with van der Waals surface area (Å²) in [5, 5.41) is 42.5. The Morgan fingerprint density at radius 2 is 0.608 bits per heavy atom. The van der Waals surface area contributed by atoms with Crippen molar-refractivity contribution in [3.8, 4) is 0 Å². The summed E-state index contributed by atoms with van der Waals surface area (Å²) in [5.74, 6) is 0.209. The Hall–Kier alpha value is -1.56. The third-order valence-electron chi connectivity index (χ3n) is 13.9. The lowest BCUT2D eigenvalue weighted by Gasteiger charge is -2.34. The average molecular weight is 1080 g/mol. The average Bonchev–Trinajstić information content (AvgIpc) is 3.33. The molecule has 0 rings (SSSR count). The Bertz CT molecular complexity index is 1210. The van der Waals surface area contributed by atoms with Crippen molar-refractivity contribution in [1.29, 1.82) is 0 Å². The van der Waals surface area contributed by atoms with Crippen LogP contribution in [0.3, 0.4) is 0 Å². The van der Waals surface area contributed by atoms with E-state index in [-0.39, 0.29) is 57.2 Å². The van der Waals surface area contributed by atoms with Gasteiger partial charge in [0.2, 0.25) is 17.7 Å². The number of phosphoric acid groups is 1. The van der Waals surface area contributed by atoms with Crippen molar-refractivity contribution in [2.45, 2.75) is 232 Å². The van der Waals surface area contributed by atoms with E-state index in [1.807, 2.05) is 42.3 Å². The van der Waals surface area contributed by atoms with Crippen molar-refractivity contribution < 1.29 is 61.6 Å². The van der Waals surface area contributed by atoms with Crippen molar-refractivity contribution in [2.24, 2.45) is 0 Å². The van der Waals surface area contributed by atoms with Crippen LogP contribution >= 0.6 is 8.17 Å². The molecule has 0 aliphatic carbocycles. The van der Waals surface area contributed by atoms with Gasteiger partial charge < -0.3 is 49.6 Å². The van der Waals surface area contributed by atoms with Crippen LogP contribution in [0.5, 0.6) is 0 Å². The highest BCUT2D eigenvalue weighted by atomic mass is 31.2. The number of carbonyl (C=O) groups excluding carboxylic acids is 3. The zero-order chi connectivity index (χ0) is 55.4. The van der Waals surface area contributed by atoms with E-state index in [1.165, 1.54) is 116 Å². The number of unbranched alkanes of at least 4 members (excludes halogenated alkanes) is 21. The standard InChI is InChI=1S/C57H117N6O10P/c1-10-13-16-19-22-25-28-31-37-55(67)58-40-34-43-61(4,5)46-52(64)49-71-74(70,72-50-53(65)47-62(6,7)44-35-41-59-56(68)38-32-29-26-23-20-17-14-11-2)73-51-54(66)48-63(8,9)45-36-42-60-57(69)39-33-30-27-24-21-18-15-12-3/h52-54,64-66H,10-51H2,1-9H3/p+3. The molecule has 0 saturated carbocycles. The number of amides is 3.